The summed E-state index contributed by atoms with van der Waals surface area (Å²) in [7, 11) is 0. The third-order valence-electron chi connectivity index (χ3n) is 3.25. The van der Waals surface area contributed by atoms with E-state index in [-0.39, 0.29) is 0 Å². The zero-order chi connectivity index (χ0) is 10.7. The average Bonchev–Trinajstić information content (AvgIpc) is 2.65. The number of likely N-dealkylation sites (N-methyl/N-ethyl adjacent to an activating group) is 1. The summed E-state index contributed by atoms with van der Waals surface area (Å²) in [6.45, 7) is 4.52. The van der Waals surface area contributed by atoms with Crippen LogP contribution in [0.15, 0.2) is 10.7 Å². The second-order valence-corrected chi connectivity index (χ2v) is 4.19. The predicted molar refractivity (Wildman–Crippen MR) is 59.5 cm³/mol. The van der Waals surface area contributed by atoms with Gasteiger partial charge < -0.3 is 15.2 Å². The molecule has 0 amide bonds. The predicted octanol–water partition coefficient (Wildman–Crippen LogP) is 1.67. The number of rotatable bonds is 3. The molecule has 4 heteroatoms. The quantitative estimate of drug-likeness (QED) is 0.822. The van der Waals surface area contributed by atoms with Gasteiger partial charge in [-0.2, -0.15) is 0 Å². The van der Waals surface area contributed by atoms with Crippen LogP contribution < -0.4 is 5.73 Å². The maximum Gasteiger partial charge on any atom is 0.161 e. The van der Waals surface area contributed by atoms with E-state index in [0.29, 0.717) is 11.7 Å². The van der Waals surface area contributed by atoms with Gasteiger partial charge in [-0.3, -0.25) is 0 Å². The molecule has 0 aromatic carbocycles. The molecule has 1 atom stereocenters. The van der Waals surface area contributed by atoms with Crippen LogP contribution in [0, 0.1) is 0 Å². The number of likely N-dealkylation sites (tertiary alicyclic amines) is 1. The van der Waals surface area contributed by atoms with Gasteiger partial charge in [-0.1, -0.05) is 18.5 Å². The van der Waals surface area contributed by atoms with Gasteiger partial charge >= 0.3 is 0 Å². The molecule has 15 heavy (non-hydrogen) atoms. The molecule has 1 aliphatic heterocycles. The van der Waals surface area contributed by atoms with Crippen molar-refractivity contribution < 1.29 is 4.52 Å². The minimum Gasteiger partial charge on any atom is -0.395 e. The lowest BCUT2D eigenvalue weighted by Gasteiger charge is -2.34. The Hall–Kier alpha value is -1.03. The van der Waals surface area contributed by atoms with E-state index in [4.69, 9.17) is 10.3 Å². The highest BCUT2D eigenvalue weighted by molar-refractivity contribution is 5.38. The standard InChI is InChI=1S/C11H19N3O/c1-2-14-6-4-3-5-9(14)7-11-10(12)8-13-15-11/h8-9H,2-7,12H2,1H3. The summed E-state index contributed by atoms with van der Waals surface area (Å²) >= 11 is 0. The van der Waals surface area contributed by atoms with Crippen molar-refractivity contribution in [1.29, 1.82) is 0 Å². The van der Waals surface area contributed by atoms with Crippen molar-refractivity contribution in [2.24, 2.45) is 0 Å². The van der Waals surface area contributed by atoms with Crippen molar-refractivity contribution in [3.05, 3.63) is 12.0 Å². The van der Waals surface area contributed by atoms with Crippen LogP contribution in [-0.4, -0.2) is 29.2 Å². The number of nitrogens with two attached hydrogens (primary N) is 1. The van der Waals surface area contributed by atoms with Crippen LogP contribution in [0.25, 0.3) is 0 Å². The Balaban J connectivity index is 2.00. The minimum atomic E-state index is 0.582. The van der Waals surface area contributed by atoms with Crippen molar-refractivity contribution in [3.8, 4) is 0 Å². The van der Waals surface area contributed by atoms with Gasteiger partial charge in [0.05, 0.1) is 11.9 Å². The summed E-state index contributed by atoms with van der Waals surface area (Å²) in [6.07, 6.45) is 6.37. The molecule has 1 saturated heterocycles. The Labute approximate surface area is 90.4 Å². The number of aromatic nitrogens is 1. The van der Waals surface area contributed by atoms with Crippen LogP contribution >= 0.6 is 0 Å². The van der Waals surface area contributed by atoms with Gasteiger partial charge in [0, 0.05) is 12.5 Å². The van der Waals surface area contributed by atoms with Gasteiger partial charge in [-0.25, -0.2) is 0 Å². The highest BCUT2D eigenvalue weighted by Gasteiger charge is 2.23. The van der Waals surface area contributed by atoms with Gasteiger partial charge in [0.15, 0.2) is 5.76 Å². The lowest BCUT2D eigenvalue weighted by molar-refractivity contribution is 0.148. The molecule has 84 valence electrons. The molecule has 4 nitrogen and oxygen atoms in total. The molecule has 2 heterocycles. The summed E-state index contributed by atoms with van der Waals surface area (Å²) in [5.74, 6) is 0.848. The summed E-state index contributed by atoms with van der Waals surface area (Å²) in [5, 5.41) is 3.72. The number of nitrogen functional groups attached to an aromatic ring is 1. The highest BCUT2D eigenvalue weighted by atomic mass is 16.5. The number of hydrogen-bond acceptors (Lipinski definition) is 4. The summed E-state index contributed by atoms with van der Waals surface area (Å²) in [6, 6.07) is 0.582. The van der Waals surface area contributed by atoms with Crippen LogP contribution in [0.3, 0.4) is 0 Å². The van der Waals surface area contributed by atoms with Crippen LogP contribution in [-0.2, 0) is 6.42 Å². The molecule has 0 radical (unpaired) electrons. The van der Waals surface area contributed by atoms with Crippen molar-refractivity contribution >= 4 is 5.69 Å². The monoisotopic (exact) mass is 209 g/mol. The fraction of sp³-hybridized carbons (Fsp3) is 0.727. The zero-order valence-corrected chi connectivity index (χ0v) is 9.28. The Morgan fingerprint density at radius 3 is 3.13 bits per heavy atom. The molecule has 2 rings (SSSR count). The molecule has 1 aromatic rings. The second kappa shape index (κ2) is 4.66. The first-order valence-corrected chi connectivity index (χ1v) is 5.74. The van der Waals surface area contributed by atoms with E-state index in [9.17, 15) is 0 Å². The SMILES string of the molecule is CCN1CCCCC1Cc1oncc1N. The average molecular weight is 209 g/mol. The van der Waals surface area contributed by atoms with Crippen LogP contribution in [0.4, 0.5) is 5.69 Å². The van der Waals surface area contributed by atoms with Crippen LogP contribution in [0.1, 0.15) is 31.9 Å². The highest BCUT2D eigenvalue weighted by Crippen LogP contribution is 2.22. The third kappa shape index (κ3) is 2.31. The molecule has 1 aromatic heterocycles. The van der Waals surface area contributed by atoms with E-state index in [2.05, 4.69) is 17.0 Å². The van der Waals surface area contributed by atoms with Crippen molar-refractivity contribution in [1.82, 2.24) is 10.1 Å². The molecule has 1 fully saturated rings. The van der Waals surface area contributed by atoms with Crippen LogP contribution in [0.5, 0.6) is 0 Å². The zero-order valence-electron chi connectivity index (χ0n) is 9.28. The van der Waals surface area contributed by atoms with E-state index >= 15 is 0 Å². The molecule has 1 unspecified atom stereocenters. The maximum atomic E-state index is 5.77. The topological polar surface area (TPSA) is 55.3 Å². The lowest BCUT2D eigenvalue weighted by atomic mass is 9.98. The molecule has 0 saturated carbocycles. The van der Waals surface area contributed by atoms with E-state index in [1.165, 1.54) is 25.8 Å². The fourth-order valence-corrected chi connectivity index (χ4v) is 2.35. The first-order chi connectivity index (χ1) is 7.31. The van der Waals surface area contributed by atoms with E-state index in [1.54, 1.807) is 6.20 Å². The smallest absolute Gasteiger partial charge is 0.161 e. The van der Waals surface area contributed by atoms with Crippen molar-refractivity contribution in [3.63, 3.8) is 0 Å². The van der Waals surface area contributed by atoms with Gasteiger partial charge in [-0.05, 0) is 25.9 Å². The number of piperidine rings is 1. The van der Waals surface area contributed by atoms with Gasteiger partial charge in [0.2, 0.25) is 0 Å². The Morgan fingerprint density at radius 1 is 1.60 bits per heavy atom. The lowest BCUT2D eigenvalue weighted by Crippen LogP contribution is -2.40. The Kier molecular flexibility index (Phi) is 3.26. The number of hydrogen-bond donors (Lipinski definition) is 1. The Bertz CT molecular complexity index is 311. The maximum absolute atomic E-state index is 5.77. The Morgan fingerprint density at radius 2 is 2.47 bits per heavy atom. The van der Waals surface area contributed by atoms with E-state index in [0.717, 1.165) is 18.7 Å². The first-order valence-electron chi connectivity index (χ1n) is 5.74. The molecule has 1 aliphatic rings. The van der Waals surface area contributed by atoms with Gasteiger partial charge in [-0.15, -0.1) is 0 Å². The minimum absolute atomic E-state index is 0.582. The second-order valence-electron chi connectivity index (χ2n) is 4.19. The van der Waals surface area contributed by atoms with Crippen LogP contribution in [0.2, 0.25) is 0 Å². The van der Waals surface area contributed by atoms with E-state index in [1.807, 2.05) is 0 Å². The molecular weight excluding hydrogens is 190 g/mol. The molecule has 0 aliphatic carbocycles. The van der Waals surface area contributed by atoms with Crippen molar-refractivity contribution in [2.75, 3.05) is 18.8 Å². The largest absolute Gasteiger partial charge is 0.395 e. The summed E-state index contributed by atoms with van der Waals surface area (Å²) < 4.78 is 5.16. The molecule has 0 bridgehead atoms. The number of anilines is 1. The fourth-order valence-electron chi connectivity index (χ4n) is 2.35. The van der Waals surface area contributed by atoms with Gasteiger partial charge in [0.1, 0.15) is 0 Å². The molecule has 2 N–H and O–H groups in total. The normalized spacial score (nSPS) is 23.1. The first kappa shape index (κ1) is 10.5. The van der Waals surface area contributed by atoms with Crippen molar-refractivity contribution in [2.45, 2.75) is 38.6 Å². The molecular formula is C11H19N3O. The van der Waals surface area contributed by atoms with E-state index < -0.39 is 0 Å². The molecule has 0 spiro atoms. The third-order valence-corrected chi connectivity index (χ3v) is 3.25. The summed E-state index contributed by atoms with van der Waals surface area (Å²) in [4.78, 5) is 2.51. The summed E-state index contributed by atoms with van der Waals surface area (Å²) in [5.41, 5.74) is 6.46. The van der Waals surface area contributed by atoms with Gasteiger partial charge in [0.25, 0.3) is 0 Å². The number of nitrogens with zero attached hydrogens (tertiary/aromatic N) is 2.